The van der Waals surface area contributed by atoms with E-state index in [1.165, 1.54) is 27.7 Å². The van der Waals surface area contributed by atoms with Crippen LogP contribution in [0.4, 0.5) is 65.9 Å². The molecule has 0 bridgehead atoms. The van der Waals surface area contributed by atoms with Gasteiger partial charge >= 0.3 is 42.8 Å². The van der Waals surface area contributed by atoms with E-state index in [1.807, 2.05) is 5.32 Å². The van der Waals surface area contributed by atoms with Gasteiger partial charge < -0.3 is 31.1 Å². The second-order valence-corrected chi connectivity index (χ2v) is 20.7. The van der Waals surface area contributed by atoms with Crippen molar-refractivity contribution in [1.82, 2.24) is 10.6 Å². The quantitative estimate of drug-likeness (QED) is 0.0618. The van der Waals surface area contributed by atoms with E-state index >= 15 is 13.2 Å². The number of hydrogen-bond donors (Lipinski definition) is 6. The Balaban J connectivity index is 1.88. The molecule has 10 nitrogen and oxygen atoms in total. The fourth-order valence-electron chi connectivity index (χ4n) is 10.6. The molecule has 0 radical (unpaired) electrons. The first-order valence-corrected chi connectivity index (χ1v) is 23.3. The van der Waals surface area contributed by atoms with Crippen LogP contribution in [0, 0.1) is 40.9 Å². The summed E-state index contributed by atoms with van der Waals surface area (Å²) in [7, 11) is 0. The second kappa shape index (κ2) is 21.5. The van der Waals surface area contributed by atoms with Crippen LogP contribution in [-0.2, 0) is 9.59 Å². The Kier molecular flexibility index (Phi) is 17.9. The lowest BCUT2D eigenvalue weighted by atomic mass is 9.66. The number of aliphatic carboxylic acids is 1. The molecule has 0 saturated carbocycles. The Hall–Kier alpha value is -5.07. The maximum absolute atomic E-state index is 15.2. The van der Waals surface area contributed by atoms with Crippen molar-refractivity contribution in [3.8, 4) is 0 Å². The average molecular weight is 1090 g/mol. The third-order valence-corrected chi connectivity index (χ3v) is 14.1. The van der Waals surface area contributed by atoms with Crippen LogP contribution in [0.15, 0.2) is 65.5 Å². The fraction of sp³-hybridized carbons (Fsp3) is 0.633. The average Bonchev–Trinajstić information content (AvgIpc) is 3.22. The highest BCUT2D eigenvalue weighted by Crippen LogP contribution is 2.55. The molecule has 25 heteroatoms. The van der Waals surface area contributed by atoms with Gasteiger partial charge in [-0.2, -0.15) is 65.9 Å². The monoisotopic (exact) mass is 1090 g/mol. The van der Waals surface area contributed by atoms with Gasteiger partial charge in [0.05, 0.1) is 23.0 Å². The zero-order valence-corrected chi connectivity index (χ0v) is 40.6. The number of amides is 1. The van der Waals surface area contributed by atoms with Crippen molar-refractivity contribution in [1.29, 1.82) is 0 Å². The van der Waals surface area contributed by atoms with Gasteiger partial charge in [-0.1, -0.05) is 76.5 Å². The molecule has 3 aliphatic carbocycles. The molecular formula is C49H57F15N2O8. The van der Waals surface area contributed by atoms with Gasteiger partial charge in [0.1, 0.15) is 5.78 Å². The van der Waals surface area contributed by atoms with Crippen molar-refractivity contribution in [2.24, 2.45) is 40.9 Å². The summed E-state index contributed by atoms with van der Waals surface area (Å²) in [6.45, 7) is 9.41. The molecule has 1 aromatic rings. The Labute approximate surface area is 415 Å². The number of nitrogens with one attached hydrogen (secondary N) is 2. The van der Waals surface area contributed by atoms with E-state index < -0.39 is 178 Å². The maximum atomic E-state index is 15.2. The molecule has 7 unspecified atom stereocenters. The van der Waals surface area contributed by atoms with Gasteiger partial charge in [0.2, 0.25) is 0 Å². The normalized spacial score (nSPS) is 23.3. The first kappa shape index (κ1) is 61.5. The number of carboxylic acids is 2. The number of rotatable bonds is 18. The summed E-state index contributed by atoms with van der Waals surface area (Å²) < 4.78 is 218. The van der Waals surface area contributed by atoms with Gasteiger partial charge in [-0.25, -0.2) is 4.79 Å². The Morgan fingerprint density at radius 1 is 0.689 bits per heavy atom. The van der Waals surface area contributed by atoms with E-state index in [-0.39, 0.29) is 24.6 Å². The molecule has 3 aliphatic rings. The number of carboxylic acid groups (broad SMARTS) is 2. The number of aromatic carboxylic acids is 1. The standard InChI is InChI=1S/C49H57F15N2O8/c1-7-13-41(3,4)37(67)34-20-26(9-11-32(34)39(69)70)36(45(50,51)52)27-10-12-33(40(71)72)35(21-27)38(68)65-30-18-24(16-28(22-30)43(73,46(53,54)55)47(56,57)58)15-25-17-29(44(74,48(59,60)61)49(62,63)64)23-31(19-25)66-42(5,6)14-8-2/h9-12,18,21-23,25-26,28-29,32,34,36,66,73-74H,7-8,13-17,19-20H2,1-6H3,(H,65,68)(H,69,70)(H,71,72). The Morgan fingerprint density at radius 2 is 1.23 bits per heavy atom. The van der Waals surface area contributed by atoms with Crippen molar-refractivity contribution in [3.63, 3.8) is 0 Å². The number of halogens is 15. The van der Waals surface area contributed by atoms with Gasteiger partial charge in [0, 0.05) is 40.1 Å². The highest BCUT2D eigenvalue weighted by molar-refractivity contribution is 6.05. The van der Waals surface area contributed by atoms with E-state index in [4.69, 9.17) is 0 Å². The smallest absolute Gasteiger partial charge is 0.426 e. The molecule has 0 fully saturated rings. The van der Waals surface area contributed by atoms with Crippen LogP contribution in [0.1, 0.15) is 132 Å². The number of carbonyl (C=O) groups is 4. The molecular weight excluding hydrogens is 1030 g/mol. The first-order valence-electron chi connectivity index (χ1n) is 23.3. The molecule has 416 valence electrons. The van der Waals surface area contributed by atoms with Crippen LogP contribution in [0.25, 0.3) is 0 Å². The topological polar surface area (TPSA) is 173 Å². The van der Waals surface area contributed by atoms with E-state index in [1.54, 1.807) is 13.8 Å². The first-order chi connectivity index (χ1) is 33.5. The lowest BCUT2D eigenvalue weighted by molar-refractivity contribution is -0.381. The largest absolute Gasteiger partial charge is 0.481 e. The molecule has 0 heterocycles. The van der Waals surface area contributed by atoms with Gasteiger partial charge in [-0.3, -0.25) is 14.4 Å². The zero-order valence-electron chi connectivity index (χ0n) is 40.6. The number of Topliss-reactive ketones (excluding diaryl/α,β-unsaturated/α-hetero) is 1. The summed E-state index contributed by atoms with van der Waals surface area (Å²) in [5.41, 5.74) is -18.5. The molecule has 74 heavy (non-hydrogen) atoms. The molecule has 1 aromatic carbocycles. The minimum Gasteiger partial charge on any atom is -0.481 e. The molecule has 0 saturated heterocycles. The van der Waals surface area contributed by atoms with E-state index in [0.717, 1.165) is 12.2 Å². The predicted octanol–water partition coefficient (Wildman–Crippen LogP) is 12.1. The van der Waals surface area contributed by atoms with Crippen molar-refractivity contribution >= 4 is 23.6 Å². The van der Waals surface area contributed by atoms with E-state index in [0.29, 0.717) is 43.2 Å². The summed E-state index contributed by atoms with van der Waals surface area (Å²) >= 11 is 0. The molecule has 1 amide bonds. The van der Waals surface area contributed by atoms with E-state index in [2.05, 4.69) is 5.32 Å². The molecule has 7 atom stereocenters. The van der Waals surface area contributed by atoms with Crippen LogP contribution in [0.5, 0.6) is 0 Å². The molecule has 0 aromatic heterocycles. The van der Waals surface area contributed by atoms with Gasteiger partial charge in [0.25, 0.3) is 17.1 Å². The number of alkyl halides is 15. The highest BCUT2D eigenvalue weighted by Gasteiger charge is 2.75. The molecule has 0 aliphatic heterocycles. The minimum atomic E-state index is -6.58. The van der Waals surface area contributed by atoms with Crippen LogP contribution < -0.4 is 10.6 Å². The Bertz CT molecular complexity index is 2370. The summed E-state index contributed by atoms with van der Waals surface area (Å²) in [5.74, 6) is -21.1. The number of ketones is 1. The van der Waals surface area contributed by atoms with Crippen LogP contribution in [0.3, 0.4) is 0 Å². The number of carbonyl (C=O) groups excluding carboxylic acids is 2. The van der Waals surface area contributed by atoms with Gasteiger partial charge in [0.15, 0.2) is 0 Å². The van der Waals surface area contributed by atoms with Crippen LogP contribution in [0.2, 0.25) is 0 Å². The zero-order chi connectivity index (χ0) is 56.7. The van der Waals surface area contributed by atoms with Crippen LogP contribution >= 0.6 is 0 Å². The number of allylic oxidation sites excluding steroid dienone is 4. The number of aliphatic hydroxyl groups is 2. The summed E-state index contributed by atoms with van der Waals surface area (Å²) in [6, 6.07) is 1.58. The SMILES string of the molecule is CCCC(C)(C)NC1=CC(C(O)(C(F)(F)F)C(F)(F)F)CC(CC2=CC(NC(=O)c3cc(C(C4C=CC(C(=O)O)C(C(=O)C(C)(C)CCC)C4)C(F)(F)F)ccc3C(=O)O)=CC(C(O)(C(F)(F)F)C(F)(F)F)C2)C1. The van der Waals surface area contributed by atoms with Crippen molar-refractivity contribution in [2.45, 2.75) is 153 Å². The van der Waals surface area contributed by atoms with Gasteiger partial charge in [-0.15, -0.1) is 0 Å². The third kappa shape index (κ3) is 12.9. The second-order valence-electron chi connectivity index (χ2n) is 20.7. The Morgan fingerprint density at radius 3 is 1.72 bits per heavy atom. The minimum absolute atomic E-state index is 0.0456. The maximum Gasteiger partial charge on any atom is 0.426 e. The lowest BCUT2D eigenvalue weighted by Gasteiger charge is -2.43. The summed E-state index contributed by atoms with van der Waals surface area (Å²) in [4.78, 5) is 52.5. The van der Waals surface area contributed by atoms with E-state index in [9.17, 15) is 92.3 Å². The van der Waals surface area contributed by atoms with Crippen LogP contribution in [-0.4, -0.2) is 91.7 Å². The molecule has 4 rings (SSSR count). The molecule has 6 N–H and O–H groups in total. The fourth-order valence-corrected chi connectivity index (χ4v) is 10.6. The predicted molar refractivity (Wildman–Crippen MR) is 235 cm³/mol. The lowest BCUT2D eigenvalue weighted by Crippen LogP contribution is -2.62. The number of hydrogen-bond acceptors (Lipinski definition) is 7. The van der Waals surface area contributed by atoms with Crippen molar-refractivity contribution < 1.29 is 105 Å². The van der Waals surface area contributed by atoms with Crippen molar-refractivity contribution in [2.75, 3.05) is 0 Å². The highest BCUT2D eigenvalue weighted by atomic mass is 19.4. The third-order valence-electron chi connectivity index (χ3n) is 14.1. The van der Waals surface area contributed by atoms with Crippen molar-refractivity contribution in [3.05, 3.63) is 82.2 Å². The summed E-state index contributed by atoms with van der Waals surface area (Å²) in [5, 5.41) is 45.6. The van der Waals surface area contributed by atoms with Gasteiger partial charge in [-0.05, 0) is 94.4 Å². The summed E-state index contributed by atoms with van der Waals surface area (Å²) in [6.07, 6.45) is -31.7. The number of benzene rings is 1. The molecule has 0 spiro atoms.